The molecule has 2 aromatic rings. The minimum atomic E-state index is 0.120. The maximum absolute atomic E-state index is 12.8. The van der Waals surface area contributed by atoms with Crippen molar-refractivity contribution in [3.05, 3.63) is 40.1 Å². The number of nitrogens with zero attached hydrogens (tertiary/aromatic N) is 1. The van der Waals surface area contributed by atoms with Gasteiger partial charge in [-0.2, -0.15) is 11.3 Å². The molecule has 0 unspecified atom stereocenters. The first-order chi connectivity index (χ1) is 13.2. The van der Waals surface area contributed by atoms with E-state index in [1.54, 1.807) is 32.7 Å². The summed E-state index contributed by atoms with van der Waals surface area (Å²) in [7, 11) is 4.74. The van der Waals surface area contributed by atoms with Gasteiger partial charge < -0.3 is 24.0 Å². The molecule has 0 bridgehead atoms. The summed E-state index contributed by atoms with van der Waals surface area (Å²) in [6.45, 7) is 4.56. The van der Waals surface area contributed by atoms with E-state index in [1.165, 1.54) is 10.5 Å². The molecule has 1 saturated heterocycles. The summed E-state index contributed by atoms with van der Waals surface area (Å²) < 4.78 is 16.2. The molecule has 6 nitrogen and oxygen atoms in total. The van der Waals surface area contributed by atoms with Crippen LogP contribution in [0.3, 0.4) is 0 Å². The fourth-order valence-corrected chi connectivity index (χ4v) is 4.18. The van der Waals surface area contributed by atoms with E-state index in [-0.39, 0.29) is 5.91 Å². The molecule has 0 saturated carbocycles. The van der Waals surface area contributed by atoms with Crippen LogP contribution in [0.25, 0.3) is 0 Å². The first kappa shape index (κ1) is 19.5. The van der Waals surface area contributed by atoms with Crippen LogP contribution in [-0.2, 0) is 17.8 Å². The van der Waals surface area contributed by atoms with Gasteiger partial charge in [-0.3, -0.25) is 4.79 Å². The summed E-state index contributed by atoms with van der Waals surface area (Å²) in [5.74, 6) is 1.80. The molecule has 1 aromatic carbocycles. The lowest BCUT2D eigenvalue weighted by Crippen LogP contribution is -3.13. The lowest BCUT2D eigenvalue weighted by atomic mass is 10.1. The number of carbonyl (C=O) groups excluding carboxylic acids is 1. The van der Waals surface area contributed by atoms with Gasteiger partial charge in [0.05, 0.1) is 53.9 Å². The molecule has 1 amide bonds. The molecule has 1 aliphatic rings. The highest BCUT2D eigenvalue weighted by Crippen LogP contribution is 2.40. The van der Waals surface area contributed by atoms with Crippen molar-refractivity contribution in [2.45, 2.75) is 13.0 Å². The minimum absolute atomic E-state index is 0.120. The molecule has 7 heteroatoms. The van der Waals surface area contributed by atoms with Crippen molar-refractivity contribution in [3.63, 3.8) is 0 Å². The number of hydrogen-bond acceptors (Lipinski definition) is 5. The predicted octanol–water partition coefficient (Wildman–Crippen LogP) is 1.24. The Kier molecular flexibility index (Phi) is 6.58. The Hall–Kier alpha value is -2.25. The van der Waals surface area contributed by atoms with E-state index >= 15 is 0 Å². The van der Waals surface area contributed by atoms with Gasteiger partial charge in [-0.1, -0.05) is 6.07 Å². The van der Waals surface area contributed by atoms with E-state index in [0.29, 0.717) is 23.7 Å². The van der Waals surface area contributed by atoms with Gasteiger partial charge in [0.2, 0.25) is 11.7 Å². The molecule has 1 N–H and O–H groups in total. The first-order valence-corrected chi connectivity index (χ1v) is 10.0. The summed E-state index contributed by atoms with van der Waals surface area (Å²) in [6.07, 6.45) is 0.295. The number of methoxy groups -OCH3 is 3. The number of quaternary nitrogens is 1. The largest absolute Gasteiger partial charge is 0.493 e. The number of rotatable bonds is 7. The van der Waals surface area contributed by atoms with Crippen LogP contribution in [0.5, 0.6) is 17.2 Å². The van der Waals surface area contributed by atoms with E-state index in [2.05, 4.69) is 16.8 Å². The van der Waals surface area contributed by atoms with E-state index in [4.69, 9.17) is 14.2 Å². The molecular formula is C20H27N2O4S+. The van der Waals surface area contributed by atoms with Crippen LogP contribution in [0.4, 0.5) is 0 Å². The molecule has 146 valence electrons. The maximum atomic E-state index is 12.8. The van der Waals surface area contributed by atoms with Gasteiger partial charge in [0.15, 0.2) is 11.5 Å². The van der Waals surface area contributed by atoms with Crippen LogP contribution in [-0.4, -0.2) is 58.3 Å². The molecule has 0 atom stereocenters. The highest BCUT2D eigenvalue weighted by Gasteiger charge is 2.25. The van der Waals surface area contributed by atoms with Gasteiger partial charge in [0.1, 0.15) is 6.54 Å². The van der Waals surface area contributed by atoms with Gasteiger partial charge >= 0.3 is 0 Å². The molecule has 27 heavy (non-hydrogen) atoms. The Balaban J connectivity index is 1.61. The Morgan fingerprint density at radius 1 is 1.07 bits per heavy atom. The minimum Gasteiger partial charge on any atom is -0.493 e. The highest BCUT2D eigenvalue weighted by atomic mass is 32.1. The molecule has 0 radical (unpaired) electrons. The van der Waals surface area contributed by atoms with Crippen molar-refractivity contribution in [2.75, 3.05) is 47.5 Å². The summed E-state index contributed by atoms with van der Waals surface area (Å²) in [6, 6.07) is 5.86. The number of nitrogens with one attached hydrogen (secondary N) is 1. The third kappa shape index (κ3) is 4.54. The van der Waals surface area contributed by atoms with Gasteiger partial charge in [0, 0.05) is 11.1 Å². The zero-order valence-electron chi connectivity index (χ0n) is 16.1. The molecule has 0 spiro atoms. The van der Waals surface area contributed by atoms with Crippen molar-refractivity contribution in [1.29, 1.82) is 0 Å². The number of piperazine rings is 1. The molecule has 1 aliphatic heterocycles. The van der Waals surface area contributed by atoms with Gasteiger partial charge in [0.25, 0.3) is 0 Å². The van der Waals surface area contributed by atoms with Crippen LogP contribution in [0.15, 0.2) is 29.0 Å². The van der Waals surface area contributed by atoms with Crippen LogP contribution in [0, 0.1) is 0 Å². The number of ether oxygens (including phenoxy) is 3. The summed E-state index contributed by atoms with van der Waals surface area (Å²) in [4.78, 5) is 16.3. The molecular weight excluding hydrogens is 364 g/mol. The number of amides is 1. The van der Waals surface area contributed by atoms with Crippen LogP contribution < -0.4 is 19.1 Å². The van der Waals surface area contributed by atoms with E-state index in [1.807, 2.05) is 17.0 Å². The first-order valence-electron chi connectivity index (χ1n) is 9.06. The lowest BCUT2D eigenvalue weighted by Gasteiger charge is -2.32. The van der Waals surface area contributed by atoms with E-state index in [9.17, 15) is 4.79 Å². The molecule has 2 heterocycles. The molecule has 0 aliphatic carbocycles. The second kappa shape index (κ2) is 9.10. The Bertz CT molecular complexity index is 756. The van der Waals surface area contributed by atoms with Crippen molar-refractivity contribution in [1.82, 2.24) is 4.90 Å². The quantitative estimate of drug-likeness (QED) is 0.772. The number of thiophene rings is 1. The van der Waals surface area contributed by atoms with Gasteiger partial charge in [-0.15, -0.1) is 0 Å². The fraction of sp³-hybridized carbons (Fsp3) is 0.450. The second-order valence-corrected chi connectivity index (χ2v) is 7.39. The third-order valence-corrected chi connectivity index (χ3v) is 5.72. The van der Waals surface area contributed by atoms with Crippen LogP contribution in [0.2, 0.25) is 0 Å². The van der Waals surface area contributed by atoms with Crippen molar-refractivity contribution >= 4 is 17.2 Å². The SMILES string of the molecule is COc1ccc(CC(=O)N2CC[NH+](Cc3ccsc3)CC2)c(OC)c1OC. The summed E-state index contributed by atoms with van der Waals surface area (Å²) in [5.41, 5.74) is 2.19. The monoisotopic (exact) mass is 391 g/mol. The predicted molar refractivity (Wildman–Crippen MR) is 105 cm³/mol. The maximum Gasteiger partial charge on any atom is 0.227 e. The zero-order chi connectivity index (χ0) is 19.2. The van der Waals surface area contributed by atoms with E-state index < -0.39 is 0 Å². The van der Waals surface area contributed by atoms with Crippen molar-refractivity contribution in [3.8, 4) is 17.2 Å². The smallest absolute Gasteiger partial charge is 0.227 e. The fourth-order valence-electron chi connectivity index (χ4n) is 3.51. The summed E-state index contributed by atoms with van der Waals surface area (Å²) >= 11 is 1.73. The Labute approximate surface area is 164 Å². The molecule has 3 rings (SSSR count). The topological polar surface area (TPSA) is 52.4 Å². The third-order valence-electron chi connectivity index (χ3n) is 4.98. The number of carbonyl (C=O) groups is 1. The van der Waals surface area contributed by atoms with Gasteiger partial charge in [-0.05, 0) is 22.9 Å². The van der Waals surface area contributed by atoms with Crippen LogP contribution in [0.1, 0.15) is 11.1 Å². The normalized spacial score (nSPS) is 14.9. The van der Waals surface area contributed by atoms with Crippen molar-refractivity contribution < 1.29 is 23.9 Å². The Morgan fingerprint density at radius 3 is 2.41 bits per heavy atom. The zero-order valence-corrected chi connectivity index (χ0v) is 16.9. The van der Waals surface area contributed by atoms with Crippen molar-refractivity contribution in [2.24, 2.45) is 0 Å². The highest BCUT2D eigenvalue weighted by molar-refractivity contribution is 7.07. The second-order valence-electron chi connectivity index (χ2n) is 6.61. The lowest BCUT2D eigenvalue weighted by molar-refractivity contribution is -0.917. The Morgan fingerprint density at radius 2 is 1.81 bits per heavy atom. The summed E-state index contributed by atoms with van der Waals surface area (Å²) in [5, 5.41) is 4.32. The average molecular weight is 392 g/mol. The van der Waals surface area contributed by atoms with Gasteiger partial charge in [-0.25, -0.2) is 0 Å². The van der Waals surface area contributed by atoms with E-state index in [0.717, 1.165) is 38.3 Å². The molecule has 1 fully saturated rings. The number of hydrogen-bond donors (Lipinski definition) is 1. The van der Waals surface area contributed by atoms with Crippen LogP contribution >= 0.6 is 11.3 Å². The average Bonchev–Trinajstić information content (AvgIpc) is 3.21. The number of benzene rings is 1. The molecule has 1 aromatic heterocycles. The standard InChI is InChI=1S/C20H26N2O4S/c1-24-17-5-4-16(19(25-2)20(17)26-3)12-18(23)22-9-7-21(8-10-22)13-15-6-11-27-14-15/h4-6,11,14H,7-10,12-13H2,1-3H3/p+1.